The van der Waals surface area contributed by atoms with Crippen LogP contribution in [0.3, 0.4) is 0 Å². The lowest BCUT2D eigenvalue weighted by molar-refractivity contribution is 0.279. The second kappa shape index (κ2) is 8.25. The summed E-state index contributed by atoms with van der Waals surface area (Å²) in [7, 11) is 3.27. The highest BCUT2D eigenvalue weighted by atomic mass is 79.9. The number of hydrogen-bond donors (Lipinski definition) is 0. The molecular weight excluding hydrogens is 296 g/mol. The van der Waals surface area contributed by atoms with E-state index >= 15 is 0 Å². The van der Waals surface area contributed by atoms with Gasteiger partial charge in [0.15, 0.2) is 0 Å². The molecule has 0 aromatic heterocycles. The lowest BCUT2D eigenvalue weighted by atomic mass is 10.1. The topological polar surface area (TPSA) is 27.7 Å². The first-order chi connectivity index (χ1) is 8.69. The van der Waals surface area contributed by atoms with Gasteiger partial charge in [0, 0.05) is 23.5 Å². The maximum atomic E-state index is 5.73. The lowest BCUT2D eigenvalue weighted by Gasteiger charge is -2.12. The number of rotatable bonds is 8. The molecule has 0 saturated heterocycles. The van der Waals surface area contributed by atoms with Crippen LogP contribution in [0, 0.1) is 5.92 Å². The van der Waals surface area contributed by atoms with Gasteiger partial charge in [-0.2, -0.15) is 0 Å². The van der Waals surface area contributed by atoms with Crippen molar-refractivity contribution >= 4 is 15.9 Å². The summed E-state index contributed by atoms with van der Waals surface area (Å²) in [5, 5.41) is 1.04. The normalized spacial score (nSPS) is 12.0. The first-order valence-electron chi connectivity index (χ1n) is 6.11. The Morgan fingerprint density at radius 2 is 1.56 bits per heavy atom. The maximum absolute atomic E-state index is 5.73. The number of hydrogen-bond acceptors (Lipinski definition) is 3. The summed E-state index contributed by atoms with van der Waals surface area (Å²) in [6, 6.07) is 5.58. The summed E-state index contributed by atoms with van der Waals surface area (Å²) < 4.78 is 16.1. The van der Waals surface area contributed by atoms with Crippen molar-refractivity contribution in [1.29, 1.82) is 0 Å². The summed E-state index contributed by atoms with van der Waals surface area (Å²) in [5.41, 5.74) is 0. The Labute approximate surface area is 118 Å². The Morgan fingerprint density at radius 3 is 2.06 bits per heavy atom. The van der Waals surface area contributed by atoms with Gasteiger partial charge < -0.3 is 14.2 Å². The number of methoxy groups -OCH3 is 2. The smallest absolute Gasteiger partial charge is 0.126 e. The predicted octanol–water partition coefficient (Wildman–Crippen LogP) is 3.89. The van der Waals surface area contributed by atoms with E-state index in [0.29, 0.717) is 12.5 Å². The third kappa shape index (κ3) is 5.17. The summed E-state index contributed by atoms with van der Waals surface area (Å²) in [6.07, 6.45) is 2.22. The molecule has 0 spiro atoms. The van der Waals surface area contributed by atoms with Gasteiger partial charge in [-0.25, -0.2) is 0 Å². The molecule has 0 heterocycles. The molecule has 1 aromatic carbocycles. The van der Waals surface area contributed by atoms with Crippen molar-refractivity contribution in [3.05, 3.63) is 18.2 Å². The van der Waals surface area contributed by atoms with Crippen molar-refractivity contribution in [2.75, 3.05) is 26.2 Å². The Morgan fingerprint density at radius 1 is 1.00 bits per heavy atom. The molecule has 1 aromatic rings. The Balaban J connectivity index is 2.50. The second-order valence-corrected chi connectivity index (χ2v) is 5.06. The van der Waals surface area contributed by atoms with Crippen LogP contribution in [0.4, 0.5) is 0 Å². The molecule has 0 aliphatic rings. The van der Waals surface area contributed by atoms with Crippen molar-refractivity contribution < 1.29 is 14.2 Å². The number of halogens is 1. The van der Waals surface area contributed by atoms with E-state index in [9.17, 15) is 0 Å². The fourth-order valence-electron chi connectivity index (χ4n) is 1.57. The minimum atomic E-state index is 0.664. The van der Waals surface area contributed by atoms with Gasteiger partial charge in [0.25, 0.3) is 0 Å². The van der Waals surface area contributed by atoms with Crippen molar-refractivity contribution in [3.8, 4) is 17.2 Å². The van der Waals surface area contributed by atoms with Crippen molar-refractivity contribution in [1.82, 2.24) is 0 Å². The van der Waals surface area contributed by atoms with Gasteiger partial charge in [0.1, 0.15) is 17.2 Å². The van der Waals surface area contributed by atoms with Crippen LogP contribution in [-0.4, -0.2) is 26.2 Å². The molecular formula is C14H21BrO3. The van der Waals surface area contributed by atoms with E-state index in [0.717, 1.165) is 29.0 Å². The van der Waals surface area contributed by atoms with Gasteiger partial charge in [-0.3, -0.25) is 0 Å². The minimum absolute atomic E-state index is 0.664. The molecule has 0 N–H and O–H groups in total. The second-order valence-electron chi connectivity index (χ2n) is 4.27. The van der Waals surface area contributed by atoms with E-state index in [1.165, 1.54) is 6.42 Å². The minimum Gasteiger partial charge on any atom is -0.496 e. The quantitative estimate of drug-likeness (QED) is 0.681. The Bertz CT molecular complexity index is 333. The van der Waals surface area contributed by atoms with Crippen molar-refractivity contribution in [2.24, 2.45) is 5.92 Å². The standard InChI is InChI=1S/C14H21BrO3/c1-11(4-6-15)5-7-18-14-9-12(16-2)8-13(10-14)17-3/h8-11H,4-7H2,1-3H3. The van der Waals surface area contributed by atoms with Gasteiger partial charge in [0.05, 0.1) is 20.8 Å². The monoisotopic (exact) mass is 316 g/mol. The molecule has 18 heavy (non-hydrogen) atoms. The molecule has 0 radical (unpaired) electrons. The van der Waals surface area contributed by atoms with Crippen LogP contribution >= 0.6 is 15.9 Å². The molecule has 0 bridgehead atoms. The average Bonchev–Trinajstić information content (AvgIpc) is 2.38. The van der Waals surface area contributed by atoms with E-state index in [4.69, 9.17) is 14.2 Å². The summed E-state index contributed by atoms with van der Waals surface area (Å²) in [4.78, 5) is 0. The van der Waals surface area contributed by atoms with E-state index in [2.05, 4.69) is 22.9 Å². The number of benzene rings is 1. The summed E-state index contributed by atoms with van der Waals surface area (Å²) in [5.74, 6) is 2.95. The van der Waals surface area contributed by atoms with Crippen molar-refractivity contribution in [2.45, 2.75) is 19.8 Å². The van der Waals surface area contributed by atoms with Crippen LogP contribution in [0.2, 0.25) is 0 Å². The Kier molecular flexibility index (Phi) is 6.94. The highest BCUT2D eigenvalue weighted by Gasteiger charge is 2.05. The van der Waals surface area contributed by atoms with E-state index < -0.39 is 0 Å². The number of ether oxygens (including phenoxy) is 3. The largest absolute Gasteiger partial charge is 0.496 e. The van der Waals surface area contributed by atoms with E-state index in [-0.39, 0.29) is 0 Å². The maximum Gasteiger partial charge on any atom is 0.126 e. The fourth-order valence-corrected chi connectivity index (χ4v) is 2.35. The summed E-state index contributed by atoms with van der Waals surface area (Å²) >= 11 is 3.45. The zero-order valence-corrected chi connectivity index (χ0v) is 12.8. The summed E-state index contributed by atoms with van der Waals surface area (Å²) in [6.45, 7) is 2.95. The highest BCUT2D eigenvalue weighted by molar-refractivity contribution is 9.09. The van der Waals surface area contributed by atoms with Crippen LogP contribution in [0.15, 0.2) is 18.2 Å². The molecule has 4 heteroatoms. The molecule has 0 aliphatic heterocycles. The van der Waals surface area contributed by atoms with Crippen LogP contribution < -0.4 is 14.2 Å². The molecule has 0 saturated carbocycles. The predicted molar refractivity (Wildman–Crippen MR) is 77.2 cm³/mol. The van der Waals surface area contributed by atoms with Crippen molar-refractivity contribution in [3.63, 3.8) is 0 Å². The first-order valence-corrected chi connectivity index (χ1v) is 7.23. The van der Waals surface area contributed by atoms with Gasteiger partial charge >= 0.3 is 0 Å². The zero-order valence-electron chi connectivity index (χ0n) is 11.2. The van der Waals surface area contributed by atoms with Gasteiger partial charge in [-0.15, -0.1) is 0 Å². The van der Waals surface area contributed by atoms with Crippen LogP contribution in [0.25, 0.3) is 0 Å². The highest BCUT2D eigenvalue weighted by Crippen LogP contribution is 2.27. The molecule has 1 unspecified atom stereocenters. The molecule has 3 nitrogen and oxygen atoms in total. The molecule has 102 valence electrons. The molecule has 0 amide bonds. The average molecular weight is 317 g/mol. The fraction of sp³-hybridized carbons (Fsp3) is 0.571. The SMILES string of the molecule is COc1cc(OC)cc(OCCC(C)CCBr)c1. The Hall–Kier alpha value is -0.900. The third-order valence-corrected chi connectivity index (χ3v) is 3.26. The van der Waals surface area contributed by atoms with Gasteiger partial charge in [0.2, 0.25) is 0 Å². The third-order valence-electron chi connectivity index (χ3n) is 2.81. The van der Waals surface area contributed by atoms with Crippen LogP contribution in [0.1, 0.15) is 19.8 Å². The van der Waals surface area contributed by atoms with E-state index in [1.807, 2.05) is 18.2 Å². The lowest BCUT2D eigenvalue weighted by Crippen LogP contribution is -2.05. The molecule has 1 rings (SSSR count). The van der Waals surface area contributed by atoms with Crippen LogP contribution in [0.5, 0.6) is 17.2 Å². The molecule has 0 aliphatic carbocycles. The first kappa shape index (κ1) is 15.2. The molecule has 1 atom stereocenters. The van der Waals surface area contributed by atoms with Crippen LogP contribution in [-0.2, 0) is 0 Å². The zero-order chi connectivity index (χ0) is 13.4. The molecule has 0 fully saturated rings. The number of alkyl halides is 1. The van der Waals surface area contributed by atoms with Gasteiger partial charge in [-0.05, 0) is 18.8 Å². The van der Waals surface area contributed by atoms with E-state index in [1.54, 1.807) is 14.2 Å². The van der Waals surface area contributed by atoms with Gasteiger partial charge in [-0.1, -0.05) is 22.9 Å².